The Morgan fingerprint density at radius 3 is 2.47 bits per heavy atom. The van der Waals surface area contributed by atoms with Gasteiger partial charge >= 0.3 is 0 Å². The second-order valence-electron chi connectivity index (χ2n) is 5.63. The van der Waals surface area contributed by atoms with E-state index in [4.69, 9.17) is 0 Å². The third-order valence-electron chi connectivity index (χ3n) is 3.89. The lowest BCUT2D eigenvalue weighted by Gasteiger charge is -2.33. The molecule has 1 aliphatic heterocycles. The van der Waals surface area contributed by atoms with Crippen LogP contribution in [-0.2, 0) is 0 Å². The van der Waals surface area contributed by atoms with Gasteiger partial charge in [-0.2, -0.15) is 0 Å². The molecule has 1 aromatic rings. The molecule has 0 amide bonds. The van der Waals surface area contributed by atoms with Crippen molar-refractivity contribution < 1.29 is 8.78 Å². The van der Waals surface area contributed by atoms with E-state index in [9.17, 15) is 8.78 Å². The zero-order valence-corrected chi connectivity index (χ0v) is 11.6. The van der Waals surface area contributed by atoms with Crippen molar-refractivity contribution >= 4 is 0 Å². The summed E-state index contributed by atoms with van der Waals surface area (Å²) in [6, 6.07) is 4.34. The Morgan fingerprint density at radius 2 is 1.89 bits per heavy atom. The summed E-state index contributed by atoms with van der Waals surface area (Å²) >= 11 is 0. The molecule has 0 saturated carbocycles. The molecule has 0 radical (unpaired) electrons. The molecule has 1 atom stereocenters. The summed E-state index contributed by atoms with van der Waals surface area (Å²) in [7, 11) is 4.04. The average Bonchev–Trinajstić information content (AvgIpc) is 2.40. The predicted molar refractivity (Wildman–Crippen MR) is 73.2 cm³/mol. The van der Waals surface area contributed by atoms with Gasteiger partial charge in [0.2, 0.25) is 0 Å². The number of hydrogen-bond acceptors (Lipinski definition) is 2. The van der Waals surface area contributed by atoms with Crippen LogP contribution in [0.4, 0.5) is 8.78 Å². The molecular formula is C15H22F2N2. The highest BCUT2D eigenvalue weighted by molar-refractivity contribution is 5.23. The lowest BCUT2D eigenvalue weighted by atomic mass is 9.80. The van der Waals surface area contributed by atoms with Gasteiger partial charge < -0.3 is 10.2 Å². The van der Waals surface area contributed by atoms with Gasteiger partial charge in [-0.15, -0.1) is 0 Å². The molecule has 0 aliphatic carbocycles. The molecule has 0 bridgehead atoms. The van der Waals surface area contributed by atoms with Crippen molar-refractivity contribution in [2.45, 2.75) is 18.8 Å². The van der Waals surface area contributed by atoms with E-state index in [0.29, 0.717) is 5.92 Å². The van der Waals surface area contributed by atoms with E-state index in [1.807, 2.05) is 14.1 Å². The molecule has 2 nitrogen and oxygen atoms in total. The molecule has 0 aromatic heterocycles. The normalized spacial score (nSPS) is 18.8. The maximum atomic E-state index is 13.4. The van der Waals surface area contributed by atoms with Crippen molar-refractivity contribution in [3.63, 3.8) is 0 Å². The van der Waals surface area contributed by atoms with E-state index in [2.05, 4.69) is 10.2 Å². The fraction of sp³-hybridized carbons (Fsp3) is 0.600. The highest BCUT2D eigenvalue weighted by Gasteiger charge is 2.26. The molecule has 4 heteroatoms. The van der Waals surface area contributed by atoms with Gasteiger partial charge in [-0.3, -0.25) is 0 Å². The largest absolute Gasteiger partial charge is 0.317 e. The quantitative estimate of drug-likeness (QED) is 0.903. The Bertz CT molecular complexity index is 415. The standard InChI is InChI=1S/C15H22F2N2/c1-19(2)10-13(11-5-7-18-8-6-11)12-3-4-14(16)15(17)9-12/h3-4,9,11,13,18H,5-8,10H2,1-2H3. The summed E-state index contributed by atoms with van der Waals surface area (Å²) in [5.74, 6) is -0.700. The summed E-state index contributed by atoms with van der Waals surface area (Å²) in [6.45, 7) is 2.90. The smallest absolute Gasteiger partial charge is 0.159 e. The second-order valence-corrected chi connectivity index (χ2v) is 5.63. The monoisotopic (exact) mass is 268 g/mol. The highest BCUT2D eigenvalue weighted by atomic mass is 19.2. The first-order valence-electron chi connectivity index (χ1n) is 6.88. The van der Waals surface area contributed by atoms with E-state index in [-0.39, 0.29) is 5.92 Å². The molecule has 2 rings (SSSR count). The van der Waals surface area contributed by atoms with Crippen LogP contribution in [0.5, 0.6) is 0 Å². The van der Waals surface area contributed by atoms with E-state index >= 15 is 0 Å². The summed E-state index contributed by atoms with van der Waals surface area (Å²) < 4.78 is 26.5. The zero-order valence-electron chi connectivity index (χ0n) is 11.6. The molecule has 1 heterocycles. The van der Waals surface area contributed by atoms with Gasteiger partial charge in [0.05, 0.1) is 0 Å². The topological polar surface area (TPSA) is 15.3 Å². The lowest BCUT2D eigenvalue weighted by Crippen LogP contribution is -2.34. The molecule has 19 heavy (non-hydrogen) atoms. The summed E-state index contributed by atoms with van der Waals surface area (Å²) in [5, 5.41) is 3.35. The average molecular weight is 268 g/mol. The van der Waals surface area contributed by atoms with Crippen molar-refractivity contribution in [3.8, 4) is 0 Å². The third kappa shape index (κ3) is 3.74. The van der Waals surface area contributed by atoms with Gasteiger partial charge in [-0.05, 0) is 69.6 Å². The summed E-state index contributed by atoms with van der Waals surface area (Å²) in [5.41, 5.74) is 0.916. The van der Waals surface area contributed by atoms with Crippen LogP contribution >= 0.6 is 0 Å². The number of nitrogens with zero attached hydrogens (tertiary/aromatic N) is 1. The van der Waals surface area contributed by atoms with Crippen LogP contribution in [0.25, 0.3) is 0 Å². The van der Waals surface area contributed by atoms with Gasteiger partial charge in [0.25, 0.3) is 0 Å². The van der Waals surface area contributed by atoms with E-state index in [1.54, 1.807) is 6.07 Å². The number of hydrogen-bond donors (Lipinski definition) is 1. The Balaban J connectivity index is 2.22. The molecule has 1 aromatic carbocycles. The van der Waals surface area contributed by atoms with Gasteiger partial charge in [0, 0.05) is 6.54 Å². The predicted octanol–water partition coefficient (Wildman–Crippen LogP) is 2.61. The number of nitrogens with one attached hydrogen (secondary N) is 1. The van der Waals surface area contributed by atoms with Crippen LogP contribution in [0, 0.1) is 17.6 Å². The number of benzene rings is 1. The summed E-state index contributed by atoms with van der Waals surface area (Å²) in [6.07, 6.45) is 2.19. The number of rotatable bonds is 4. The van der Waals surface area contributed by atoms with E-state index in [0.717, 1.165) is 38.0 Å². The first kappa shape index (κ1) is 14.4. The van der Waals surface area contributed by atoms with Crippen LogP contribution < -0.4 is 5.32 Å². The molecule has 1 N–H and O–H groups in total. The zero-order chi connectivity index (χ0) is 13.8. The van der Waals surface area contributed by atoms with Crippen molar-refractivity contribution in [1.82, 2.24) is 10.2 Å². The van der Waals surface area contributed by atoms with Crippen LogP contribution in [0.2, 0.25) is 0 Å². The van der Waals surface area contributed by atoms with E-state index < -0.39 is 11.6 Å². The maximum Gasteiger partial charge on any atom is 0.159 e. The molecule has 1 fully saturated rings. The van der Waals surface area contributed by atoms with E-state index in [1.165, 1.54) is 12.1 Å². The minimum Gasteiger partial charge on any atom is -0.317 e. The molecule has 1 saturated heterocycles. The van der Waals surface area contributed by atoms with Gasteiger partial charge in [0.15, 0.2) is 11.6 Å². The fourth-order valence-electron chi connectivity index (χ4n) is 2.91. The lowest BCUT2D eigenvalue weighted by molar-refractivity contribution is 0.261. The Morgan fingerprint density at radius 1 is 1.21 bits per heavy atom. The van der Waals surface area contributed by atoms with Crippen LogP contribution in [0.3, 0.4) is 0 Å². The maximum absolute atomic E-state index is 13.4. The number of likely N-dealkylation sites (N-methyl/N-ethyl adjacent to an activating group) is 1. The molecule has 1 unspecified atom stereocenters. The number of piperidine rings is 1. The minimum atomic E-state index is -0.766. The summed E-state index contributed by atoms with van der Waals surface area (Å²) in [4.78, 5) is 2.12. The minimum absolute atomic E-state index is 0.271. The van der Waals surface area contributed by atoms with Crippen molar-refractivity contribution in [3.05, 3.63) is 35.4 Å². The Labute approximate surface area is 113 Å². The third-order valence-corrected chi connectivity index (χ3v) is 3.89. The van der Waals surface area contributed by atoms with Gasteiger partial charge in [-0.1, -0.05) is 6.07 Å². The fourth-order valence-corrected chi connectivity index (χ4v) is 2.91. The molecule has 106 valence electrons. The Hall–Kier alpha value is -1.00. The molecule has 0 spiro atoms. The first-order valence-corrected chi connectivity index (χ1v) is 6.88. The Kier molecular flexibility index (Phi) is 4.88. The van der Waals surface area contributed by atoms with Crippen LogP contribution in [0.1, 0.15) is 24.3 Å². The second kappa shape index (κ2) is 6.44. The highest BCUT2D eigenvalue weighted by Crippen LogP contribution is 2.32. The molecule has 1 aliphatic rings. The van der Waals surface area contributed by atoms with Crippen molar-refractivity contribution in [1.29, 1.82) is 0 Å². The number of halogens is 2. The van der Waals surface area contributed by atoms with Crippen LogP contribution in [-0.4, -0.2) is 38.6 Å². The van der Waals surface area contributed by atoms with Crippen molar-refractivity contribution in [2.75, 3.05) is 33.7 Å². The van der Waals surface area contributed by atoms with Crippen LogP contribution in [0.15, 0.2) is 18.2 Å². The van der Waals surface area contributed by atoms with Crippen molar-refractivity contribution in [2.24, 2.45) is 5.92 Å². The SMILES string of the molecule is CN(C)CC(c1ccc(F)c(F)c1)C1CCNCC1. The molecular weight excluding hydrogens is 246 g/mol. The first-order chi connectivity index (χ1) is 9.08. The van der Waals surface area contributed by atoms with Gasteiger partial charge in [0.1, 0.15) is 0 Å². The van der Waals surface area contributed by atoms with Gasteiger partial charge in [-0.25, -0.2) is 8.78 Å².